The van der Waals surface area contributed by atoms with E-state index in [0.717, 1.165) is 26.6 Å². The van der Waals surface area contributed by atoms with Gasteiger partial charge in [0.15, 0.2) is 0 Å². The normalized spacial score (nSPS) is 11.8. The van der Waals surface area contributed by atoms with Crippen LogP contribution in [0.3, 0.4) is 0 Å². The Morgan fingerprint density at radius 1 is 1.09 bits per heavy atom. The zero-order valence-electron chi connectivity index (χ0n) is 18.3. The van der Waals surface area contributed by atoms with Gasteiger partial charge >= 0.3 is 6.61 Å². The number of nitrogens with one attached hydrogen (secondary N) is 2. The van der Waals surface area contributed by atoms with Crippen LogP contribution in [0, 0.1) is 6.92 Å². The molecule has 6 nitrogen and oxygen atoms in total. The van der Waals surface area contributed by atoms with Crippen LogP contribution in [0.2, 0.25) is 5.02 Å². The van der Waals surface area contributed by atoms with Crippen molar-refractivity contribution in [2.75, 3.05) is 12.4 Å². The minimum atomic E-state index is -4.11. The van der Waals surface area contributed by atoms with E-state index in [1.807, 2.05) is 37.3 Å². The maximum Gasteiger partial charge on any atom is 0.387 e. The lowest BCUT2D eigenvalue weighted by molar-refractivity contribution is -0.0499. The van der Waals surface area contributed by atoms with E-state index >= 15 is 0 Å². The van der Waals surface area contributed by atoms with Crippen LogP contribution in [-0.2, 0) is 16.6 Å². The smallest absolute Gasteiger partial charge is 0.387 e. The van der Waals surface area contributed by atoms with Gasteiger partial charge in [-0.3, -0.25) is 0 Å². The largest absolute Gasteiger partial charge is 0.435 e. The predicted octanol–water partition coefficient (Wildman–Crippen LogP) is 5.90. The van der Waals surface area contributed by atoms with Crippen molar-refractivity contribution >= 4 is 43.9 Å². The Morgan fingerprint density at radius 3 is 2.59 bits per heavy atom. The quantitative estimate of drug-likeness (QED) is 0.312. The summed E-state index contributed by atoms with van der Waals surface area (Å²) < 4.78 is 57.9. The van der Waals surface area contributed by atoms with Gasteiger partial charge in [0.25, 0.3) is 10.0 Å². The molecule has 0 aliphatic heterocycles. The number of aryl methyl sites for hydroxylation is 1. The fourth-order valence-electron chi connectivity index (χ4n) is 3.68. The third kappa shape index (κ3) is 4.86. The van der Waals surface area contributed by atoms with Crippen LogP contribution in [-0.4, -0.2) is 26.0 Å². The Hall–Kier alpha value is -3.14. The minimum absolute atomic E-state index is 0.168. The summed E-state index contributed by atoms with van der Waals surface area (Å²) in [4.78, 5) is -0.168. The van der Waals surface area contributed by atoms with Crippen LogP contribution in [0.5, 0.6) is 5.75 Å². The molecule has 0 spiro atoms. The van der Waals surface area contributed by atoms with Gasteiger partial charge in [-0.25, -0.2) is 12.4 Å². The lowest BCUT2D eigenvalue weighted by Crippen LogP contribution is -2.13. The molecule has 0 aliphatic carbocycles. The number of anilines is 2. The van der Waals surface area contributed by atoms with Crippen LogP contribution >= 0.6 is 11.6 Å². The van der Waals surface area contributed by atoms with Crippen LogP contribution in [0.25, 0.3) is 10.9 Å². The summed E-state index contributed by atoms with van der Waals surface area (Å²) in [5.41, 5.74) is 3.53. The predicted molar refractivity (Wildman–Crippen MR) is 130 cm³/mol. The Kier molecular flexibility index (Phi) is 6.79. The average Bonchev–Trinajstić information content (AvgIpc) is 3.14. The molecule has 0 bridgehead atoms. The van der Waals surface area contributed by atoms with Crippen molar-refractivity contribution in [3.63, 3.8) is 0 Å². The number of hydrogen-bond acceptors (Lipinski definition) is 5. The van der Waals surface area contributed by atoms with Crippen molar-refractivity contribution in [3.05, 3.63) is 83.0 Å². The first-order valence-corrected chi connectivity index (χ1v) is 12.1. The second-order valence-corrected chi connectivity index (χ2v) is 9.90. The molecule has 1 aromatic heterocycles. The summed E-state index contributed by atoms with van der Waals surface area (Å²) in [5, 5.41) is 7.53. The first-order valence-electron chi connectivity index (χ1n) is 10.3. The number of ether oxygens (including phenoxy) is 1. The summed E-state index contributed by atoms with van der Waals surface area (Å²) >= 11 is 6.34. The maximum atomic E-state index is 13.5. The molecular formula is C24H22ClF2N3O3S. The number of benzene rings is 3. The van der Waals surface area contributed by atoms with E-state index < -0.39 is 16.6 Å². The fourth-order valence-corrected chi connectivity index (χ4v) is 5.38. The molecule has 0 atom stereocenters. The van der Waals surface area contributed by atoms with Gasteiger partial charge in [-0.05, 0) is 61.5 Å². The van der Waals surface area contributed by atoms with E-state index in [0.29, 0.717) is 28.5 Å². The van der Waals surface area contributed by atoms with E-state index in [-0.39, 0.29) is 10.6 Å². The molecular weight excluding hydrogens is 484 g/mol. The monoisotopic (exact) mass is 505 g/mol. The minimum Gasteiger partial charge on any atom is -0.435 e. The van der Waals surface area contributed by atoms with Crippen LogP contribution < -0.4 is 15.4 Å². The number of alkyl halides is 2. The summed E-state index contributed by atoms with van der Waals surface area (Å²) in [6.07, 6.45) is 1.53. The Morgan fingerprint density at radius 2 is 1.88 bits per heavy atom. The molecule has 1 heterocycles. The van der Waals surface area contributed by atoms with E-state index in [1.54, 1.807) is 13.1 Å². The second kappa shape index (κ2) is 9.61. The van der Waals surface area contributed by atoms with E-state index in [4.69, 9.17) is 11.6 Å². The lowest BCUT2D eigenvalue weighted by Gasteiger charge is -2.12. The van der Waals surface area contributed by atoms with Crippen molar-refractivity contribution in [1.82, 2.24) is 9.29 Å². The first-order chi connectivity index (χ1) is 16.2. The topological polar surface area (TPSA) is 72.4 Å². The van der Waals surface area contributed by atoms with Gasteiger partial charge in [-0.15, -0.1) is 0 Å². The molecule has 2 N–H and O–H groups in total. The van der Waals surface area contributed by atoms with Gasteiger partial charge in [0.2, 0.25) is 0 Å². The van der Waals surface area contributed by atoms with Gasteiger partial charge in [0, 0.05) is 29.9 Å². The molecule has 0 radical (unpaired) electrons. The molecule has 0 saturated heterocycles. The molecule has 34 heavy (non-hydrogen) atoms. The summed E-state index contributed by atoms with van der Waals surface area (Å²) in [6.45, 7) is -0.691. The Bertz CT molecular complexity index is 1460. The van der Waals surface area contributed by atoms with Gasteiger partial charge in [0.1, 0.15) is 5.75 Å². The highest BCUT2D eigenvalue weighted by molar-refractivity contribution is 7.90. The summed E-state index contributed by atoms with van der Waals surface area (Å²) in [7, 11) is -2.35. The number of halogens is 3. The SMILES string of the molecule is CNCc1cn(S(=O)(=O)c2cccc(OC(F)F)c2)c2cc(Nc3ccc(C)cc3Cl)ccc12. The fraction of sp³-hybridized carbons (Fsp3) is 0.167. The molecule has 0 aliphatic rings. The van der Waals surface area contributed by atoms with Gasteiger partial charge in [-0.2, -0.15) is 8.78 Å². The van der Waals surface area contributed by atoms with Crippen molar-refractivity contribution in [2.24, 2.45) is 0 Å². The zero-order valence-corrected chi connectivity index (χ0v) is 19.9. The molecule has 0 amide bonds. The van der Waals surface area contributed by atoms with E-state index in [1.165, 1.54) is 24.4 Å². The Balaban J connectivity index is 1.82. The van der Waals surface area contributed by atoms with Gasteiger partial charge < -0.3 is 15.4 Å². The van der Waals surface area contributed by atoms with E-state index in [2.05, 4.69) is 15.4 Å². The molecule has 0 fully saturated rings. The highest BCUT2D eigenvalue weighted by Crippen LogP contribution is 2.32. The highest BCUT2D eigenvalue weighted by atomic mass is 35.5. The third-order valence-corrected chi connectivity index (χ3v) is 7.19. The summed E-state index contributed by atoms with van der Waals surface area (Å²) in [6, 6.07) is 16.0. The van der Waals surface area contributed by atoms with Gasteiger partial charge in [-0.1, -0.05) is 29.8 Å². The zero-order chi connectivity index (χ0) is 24.5. The number of aromatic nitrogens is 1. The molecule has 10 heteroatoms. The molecule has 4 rings (SSSR count). The second-order valence-electron chi connectivity index (χ2n) is 7.68. The number of hydrogen-bond donors (Lipinski definition) is 2. The third-order valence-electron chi connectivity index (χ3n) is 5.21. The highest BCUT2D eigenvalue weighted by Gasteiger charge is 2.22. The van der Waals surface area contributed by atoms with Crippen molar-refractivity contribution in [3.8, 4) is 5.75 Å². The van der Waals surface area contributed by atoms with Crippen molar-refractivity contribution in [1.29, 1.82) is 0 Å². The Labute approximate surface area is 201 Å². The van der Waals surface area contributed by atoms with Crippen LogP contribution in [0.1, 0.15) is 11.1 Å². The summed E-state index contributed by atoms with van der Waals surface area (Å²) in [5.74, 6) is -0.237. The van der Waals surface area contributed by atoms with Crippen LogP contribution in [0.4, 0.5) is 20.2 Å². The number of nitrogens with zero attached hydrogens (tertiary/aromatic N) is 1. The molecule has 4 aromatic rings. The van der Waals surface area contributed by atoms with Crippen molar-refractivity contribution < 1.29 is 21.9 Å². The standard InChI is InChI=1S/C24H22ClF2N3O3S/c1-15-6-9-22(21(25)10-15)29-17-7-8-20-16(13-28-2)14-30(23(20)11-17)34(31,32)19-5-3-4-18(12-19)33-24(26)27/h3-12,14,24,28-29H,13H2,1-2H3. The van der Waals surface area contributed by atoms with Crippen LogP contribution in [0.15, 0.2) is 71.8 Å². The molecule has 0 saturated carbocycles. The maximum absolute atomic E-state index is 13.5. The van der Waals surface area contributed by atoms with Gasteiger partial charge in [0.05, 0.1) is 21.1 Å². The van der Waals surface area contributed by atoms with Crippen molar-refractivity contribution in [2.45, 2.75) is 25.0 Å². The number of rotatable bonds is 8. The molecule has 178 valence electrons. The average molecular weight is 506 g/mol. The molecule has 3 aromatic carbocycles. The van der Waals surface area contributed by atoms with E-state index in [9.17, 15) is 17.2 Å². The number of fused-ring (bicyclic) bond motifs is 1. The lowest BCUT2D eigenvalue weighted by atomic mass is 10.1. The first kappa shape index (κ1) is 24.0. The molecule has 0 unspecified atom stereocenters.